The highest BCUT2D eigenvalue weighted by Crippen LogP contribution is 2.36. The van der Waals surface area contributed by atoms with Crippen LogP contribution in [0.5, 0.6) is 0 Å². The van der Waals surface area contributed by atoms with Gasteiger partial charge in [0.1, 0.15) is 0 Å². The monoisotopic (exact) mass is 294 g/mol. The van der Waals surface area contributed by atoms with Gasteiger partial charge >= 0.3 is 0 Å². The Morgan fingerprint density at radius 3 is 2.88 bits per heavy atom. The van der Waals surface area contributed by atoms with Crippen molar-refractivity contribution in [2.24, 2.45) is 0 Å². The summed E-state index contributed by atoms with van der Waals surface area (Å²) in [6, 6.07) is 6.28. The van der Waals surface area contributed by atoms with E-state index in [0.29, 0.717) is 0 Å². The van der Waals surface area contributed by atoms with Gasteiger partial charge in [0.05, 0.1) is 5.03 Å². The molecular formula is C14H12BrCl. The first-order valence-corrected chi connectivity index (χ1v) is 6.36. The summed E-state index contributed by atoms with van der Waals surface area (Å²) >= 11 is 9.87. The van der Waals surface area contributed by atoms with Crippen LogP contribution in [0.1, 0.15) is 17.5 Å². The molecule has 0 aliphatic heterocycles. The Balaban J connectivity index is 2.48. The highest BCUT2D eigenvalue weighted by Gasteiger charge is 2.15. The van der Waals surface area contributed by atoms with Gasteiger partial charge in [0.2, 0.25) is 0 Å². The number of hydrogen-bond acceptors (Lipinski definition) is 0. The fourth-order valence-electron chi connectivity index (χ4n) is 1.86. The maximum absolute atomic E-state index is 6.39. The SMILES string of the molecule is C=C/C=C/C1=C(Cl)c2cc(Br)ccc2CC1. The molecule has 2 heteroatoms. The highest BCUT2D eigenvalue weighted by molar-refractivity contribution is 9.10. The van der Waals surface area contributed by atoms with E-state index in [4.69, 9.17) is 11.6 Å². The first kappa shape index (κ1) is 11.7. The Hall–Kier alpha value is -0.790. The summed E-state index contributed by atoms with van der Waals surface area (Å²) in [6.07, 6.45) is 7.79. The van der Waals surface area contributed by atoms with E-state index >= 15 is 0 Å². The number of allylic oxidation sites excluding steroid dienone is 4. The molecule has 0 atom stereocenters. The van der Waals surface area contributed by atoms with Crippen LogP contribution < -0.4 is 0 Å². The van der Waals surface area contributed by atoms with Crippen molar-refractivity contribution in [2.75, 3.05) is 0 Å². The summed E-state index contributed by atoms with van der Waals surface area (Å²) in [4.78, 5) is 0. The van der Waals surface area contributed by atoms with Gasteiger partial charge in [-0.3, -0.25) is 0 Å². The van der Waals surface area contributed by atoms with Crippen LogP contribution in [-0.4, -0.2) is 0 Å². The van der Waals surface area contributed by atoms with Crippen molar-refractivity contribution < 1.29 is 0 Å². The summed E-state index contributed by atoms with van der Waals surface area (Å²) in [5.41, 5.74) is 3.65. The molecule has 0 amide bonds. The second-order valence-electron chi connectivity index (χ2n) is 3.74. The van der Waals surface area contributed by atoms with Crippen LogP contribution in [0.15, 0.2) is 53.1 Å². The fourth-order valence-corrected chi connectivity index (χ4v) is 2.56. The van der Waals surface area contributed by atoms with Gasteiger partial charge in [-0.25, -0.2) is 0 Å². The van der Waals surface area contributed by atoms with Crippen molar-refractivity contribution in [1.82, 2.24) is 0 Å². The predicted molar refractivity (Wildman–Crippen MR) is 74.6 cm³/mol. The standard InChI is InChI=1S/C14H12BrCl/c1-2-3-4-11-6-5-10-7-8-12(15)9-13(10)14(11)16/h2-4,7-9H,1,5-6H2/b4-3+. The lowest BCUT2D eigenvalue weighted by Gasteiger charge is -2.18. The minimum atomic E-state index is 0.862. The number of halogens is 2. The van der Waals surface area contributed by atoms with Crippen LogP contribution in [-0.2, 0) is 6.42 Å². The molecule has 0 radical (unpaired) electrons. The fraction of sp³-hybridized carbons (Fsp3) is 0.143. The first-order chi connectivity index (χ1) is 7.72. The van der Waals surface area contributed by atoms with Crippen LogP contribution in [0.2, 0.25) is 0 Å². The molecule has 1 aromatic rings. The van der Waals surface area contributed by atoms with E-state index in [1.54, 1.807) is 6.08 Å². The van der Waals surface area contributed by atoms with Gasteiger partial charge in [0.15, 0.2) is 0 Å². The molecule has 0 nitrogen and oxygen atoms in total. The summed E-state index contributed by atoms with van der Waals surface area (Å²) in [5, 5.41) is 0.862. The second-order valence-corrected chi connectivity index (χ2v) is 5.03. The molecule has 1 aliphatic rings. The molecule has 0 fully saturated rings. The zero-order valence-corrected chi connectivity index (χ0v) is 11.2. The van der Waals surface area contributed by atoms with Crippen molar-refractivity contribution in [1.29, 1.82) is 0 Å². The van der Waals surface area contributed by atoms with Crippen LogP contribution in [0.25, 0.3) is 5.03 Å². The number of benzene rings is 1. The minimum Gasteiger partial charge on any atom is -0.0991 e. The summed E-state index contributed by atoms with van der Waals surface area (Å²) in [7, 11) is 0. The molecule has 82 valence electrons. The lowest BCUT2D eigenvalue weighted by atomic mass is 9.92. The third-order valence-electron chi connectivity index (χ3n) is 2.69. The zero-order chi connectivity index (χ0) is 11.5. The molecule has 0 bridgehead atoms. The number of aryl methyl sites for hydroxylation is 1. The van der Waals surface area contributed by atoms with E-state index in [1.165, 1.54) is 11.1 Å². The predicted octanol–water partition coefficient (Wildman–Crippen LogP) is 5.09. The maximum atomic E-state index is 6.39. The zero-order valence-electron chi connectivity index (χ0n) is 8.84. The first-order valence-electron chi connectivity index (χ1n) is 5.19. The Kier molecular flexibility index (Phi) is 3.67. The number of rotatable bonds is 2. The summed E-state index contributed by atoms with van der Waals surface area (Å²) in [6.45, 7) is 3.67. The van der Waals surface area contributed by atoms with Crippen molar-refractivity contribution in [2.45, 2.75) is 12.8 Å². The maximum Gasteiger partial charge on any atom is 0.0513 e. The summed E-state index contributed by atoms with van der Waals surface area (Å²) in [5.74, 6) is 0. The minimum absolute atomic E-state index is 0.862. The molecule has 0 N–H and O–H groups in total. The Labute approximate surface area is 109 Å². The molecule has 0 unspecified atom stereocenters. The third-order valence-corrected chi connectivity index (χ3v) is 3.63. The van der Waals surface area contributed by atoms with E-state index in [0.717, 1.165) is 27.9 Å². The van der Waals surface area contributed by atoms with Crippen LogP contribution in [0.3, 0.4) is 0 Å². The average Bonchev–Trinajstić information content (AvgIpc) is 2.29. The average molecular weight is 296 g/mol. The van der Waals surface area contributed by atoms with Gasteiger partial charge in [0, 0.05) is 4.47 Å². The van der Waals surface area contributed by atoms with Gasteiger partial charge in [-0.15, -0.1) is 0 Å². The third kappa shape index (κ3) is 2.31. The Morgan fingerprint density at radius 2 is 2.12 bits per heavy atom. The van der Waals surface area contributed by atoms with Gasteiger partial charge in [-0.1, -0.05) is 58.4 Å². The smallest absolute Gasteiger partial charge is 0.0513 e. The lowest BCUT2D eigenvalue weighted by molar-refractivity contribution is 0.946. The lowest BCUT2D eigenvalue weighted by Crippen LogP contribution is -2.01. The van der Waals surface area contributed by atoms with Crippen molar-refractivity contribution >= 4 is 32.6 Å². The molecule has 0 spiro atoms. The second kappa shape index (κ2) is 5.03. The highest BCUT2D eigenvalue weighted by atomic mass is 79.9. The van der Waals surface area contributed by atoms with E-state index in [-0.39, 0.29) is 0 Å². The molecule has 0 saturated heterocycles. The molecule has 0 heterocycles. The van der Waals surface area contributed by atoms with Crippen LogP contribution in [0, 0.1) is 0 Å². The Morgan fingerprint density at radius 1 is 1.31 bits per heavy atom. The molecule has 0 saturated carbocycles. The molecule has 1 aliphatic carbocycles. The molecule has 1 aromatic carbocycles. The normalized spacial score (nSPS) is 15.4. The Bertz CT molecular complexity index is 484. The van der Waals surface area contributed by atoms with Crippen molar-refractivity contribution in [3.05, 3.63) is 64.2 Å². The quantitative estimate of drug-likeness (QED) is 0.667. The molecule has 0 aromatic heterocycles. The molecule has 16 heavy (non-hydrogen) atoms. The van der Waals surface area contributed by atoms with E-state index in [2.05, 4.69) is 40.7 Å². The topological polar surface area (TPSA) is 0 Å². The van der Waals surface area contributed by atoms with Gasteiger partial charge in [-0.2, -0.15) is 0 Å². The van der Waals surface area contributed by atoms with Crippen molar-refractivity contribution in [3.8, 4) is 0 Å². The van der Waals surface area contributed by atoms with Crippen LogP contribution in [0.4, 0.5) is 0 Å². The van der Waals surface area contributed by atoms with Gasteiger partial charge < -0.3 is 0 Å². The van der Waals surface area contributed by atoms with Crippen molar-refractivity contribution in [3.63, 3.8) is 0 Å². The van der Waals surface area contributed by atoms with Gasteiger partial charge in [-0.05, 0) is 41.7 Å². The molecular weight excluding hydrogens is 284 g/mol. The number of fused-ring (bicyclic) bond motifs is 1. The van der Waals surface area contributed by atoms with E-state index in [1.807, 2.05) is 12.2 Å². The van der Waals surface area contributed by atoms with Gasteiger partial charge in [0.25, 0.3) is 0 Å². The largest absolute Gasteiger partial charge is 0.0991 e. The number of hydrogen-bond donors (Lipinski definition) is 0. The van der Waals surface area contributed by atoms with E-state index < -0.39 is 0 Å². The van der Waals surface area contributed by atoms with E-state index in [9.17, 15) is 0 Å². The van der Waals surface area contributed by atoms with Crippen LogP contribution >= 0.6 is 27.5 Å². The summed E-state index contributed by atoms with van der Waals surface area (Å²) < 4.78 is 1.07. The molecule has 2 rings (SSSR count).